The van der Waals surface area contributed by atoms with E-state index in [2.05, 4.69) is 22.4 Å². The topological polar surface area (TPSA) is 59.8 Å². The lowest BCUT2D eigenvalue weighted by atomic mass is 10.1. The molecule has 0 bridgehead atoms. The summed E-state index contributed by atoms with van der Waals surface area (Å²) in [4.78, 5) is 12.2. The fraction of sp³-hybridized carbons (Fsp3) is 0.526. The molecule has 0 radical (unpaired) electrons. The van der Waals surface area contributed by atoms with Gasteiger partial charge in [0.25, 0.3) is 0 Å². The van der Waals surface area contributed by atoms with Gasteiger partial charge >= 0.3 is 0 Å². The first-order chi connectivity index (χ1) is 12.5. The van der Waals surface area contributed by atoms with Crippen LogP contribution in [-0.2, 0) is 18.3 Å². The lowest BCUT2D eigenvalue weighted by Gasteiger charge is -2.09. The first-order valence-electron chi connectivity index (χ1n) is 9.09. The number of halogens is 1. The molecule has 1 heterocycles. The van der Waals surface area contributed by atoms with Crippen LogP contribution >= 0.6 is 23.4 Å². The summed E-state index contributed by atoms with van der Waals surface area (Å²) in [6, 6.07) is 5.49. The van der Waals surface area contributed by atoms with Crippen LogP contribution in [0.4, 0.5) is 5.69 Å². The number of hydrogen-bond acceptors (Lipinski definition) is 4. The Hall–Kier alpha value is -1.53. The monoisotopic (exact) mass is 394 g/mol. The molecule has 1 N–H and O–H groups in total. The number of aryl methyl sites for hydroxylation is 1. The third kappa shape index (κ3) is 6.02. The Morgan fingerprint density at radius 2 is 2.00 bits per heavy atom. The Bertz CT molecular complexity index is 732. The Morgan fingerprint density at radius 3 is 2.77 bits per heavy atom. The molecule has 5 nitrogen and oxygen atoms in total. The van der Waals surface area contributed by atoms with Gasteiger partial charge in [-0.2, -0.15) is 0 Å². The average molecular weight is 395 g/mol. The van der Waals surface area contributed by atoms with Crippen molar-refractivity contribution in [3.05, 3.63) is 34.6 Å². The number of amides is 1. The molecule has 1 aromatic carbocycles. The maximum absolute atomic E-state index is 12.2. The molecular formula is C19H27ClN4OS. The second-order valence-electron chi connectivity index (χ2n) is 6.37. The van der Waals surface area contributed by atoms with Crippen molar-refractivity contribution in [1.82, 2.24) is 14.8 Å². The molecule has 0 aliphatic carbocycles. The molecule has 7 heteroatoms. The third-order valence-electron chi connectivity index (χ3n) is 4.30. The van der Waals surface area contributed by atoms with E-state index >= 15 is 0 Å². The van der Waals surface area contributed by atoms with E-state index in [1.165, 1.54) is 37.4 Å². The zero-order valence-electron chi connectivity index (χ0n) is 15.7. The van der Waals surface area contributed by atoms with Crippen LogP contribution in [0.25, 0.3) is 0 Å². The predicted octanol–water partition coefficient (Wildman–Crippen LogP) is 5.02. The predicted molar refractivity (Wildman–Crippen MR) is 109 cm³/mol. The van der Waals surface area contributed by atoms with Gasteiger partial charge in [0.2, 0.25) is 5.91 Å². The molecule has 0 atom stereocenters. The maximum Gasteiger partial charge on any atom is 0.234 e. The highest BCUT2D eigenvalue weighted by Gasteiger charge is 2.12. The van der Waals surface area contributed by atoms with E-state index < -0.39 is 0 Å². The zero-order chi connectivity index (χ0) is 18.9. The van der Waals surface area contributed by atoms with E-state index in [4.69, 9.17) is 11.6 Å². The molecule has 0 saturated carbocycles. The number of hydrogen-bond donors (Lipinski definition) is 1. The first-order valence-corrected chi connectivity index (χ1v) is 10.4. The zero-order valence-corrected chi connectivity index (χ0v) is 17.3. The summed E-state index contributed by atoms with van der Waals surface area (Å²) in [5.74, 6) is 1.19. The van der Waals surface area contributed by atoms with Gasteiger partial charge < -0.3 is 9.88 Å². The van der Waals surface area contributed by atoms with Gasteiger partial charge in [0.05, 0.1) is 5.75 Å². The summed E-state index contributed by atoms with van der Waals surface area (Å²) in [6.07, 6.45) is 7.11. The Kier molecular flexibility index (Phi) is 8.45. The van der Waals surface area contributed by atoms with Crippen molar-refractivity contribution < 1.29 is 4.79 Å². The molecule has 0 fully saturated rings. The van der Waals surface area contributed by atoms with Gasteiger partial charge in [-0.05, 0) is 31.0 Å². The first kappa shape index (κ1) is 20.8. The molecule has 1 aromatic heterocycles. The Labute approximate surface area is 164 Å². The van der Waals surface area contributed by atoms with Crippen molar-refractivity contribution in [1.29, 1.82) is 0 Å². The molecule has 26 heavy (non-hydrogen) atoms. The number of anilines is 1. The molecule has 0 aliphatic heterocycles. The van der Waals surface area contributed by atoms with Crippen molar-refractivity contribution in [2.75, 3.05) is 11.1 Å². The minimum atomic E-state index is -0.0792. The van der Waals surface area contributed by atoms with Crippen LogP contribution in [0.3, 0.4) is 0 Å². The molecular weight excluding hydrogens is 368 g/mol. The largest absolute Gasteiger partial charge is 0.325 e. The van der Waals surface area contributed by atoms with Crippen molar-refractivity contribution in [3.63, 3.8) is 0 Å². The molecule has 2 aromatic rings. The number of thioether (sulfide) groups is 1. The smallest absolute Gasteiger partial charge is 0.234 e. The van der Waals surface area contributed by atoms with Gasteiger partial charge in [-0.3, -0.25) is 4.79 Å². The van der Waals surface area contributed by atoms with Crippen LogP contribution in [0.5, 0.6) is 0 Å². The van der Waals surface area contributed by atoms with Crippen molar-refractivity contribution in [2.45, 2.75) is 57.5 Å². The Morgan fingerprint density at radius 1 is 1.23 bits per heavy atom. The summed E-state index contributed by atoms with van der Waals surface area (Å²) >= 11 is 7.48. The average Bonchev–Trinajstić information content (AvgIpc) is 2.97. The van der Waals surface area contributed by atoms with Gasteiger partial charge in [0, 0.05) is 24.2 Å². The number of unbranched alkanes of at least 4 members (excludes halogenated alkanes) is 4. The highest BCUT2D eigenvalue weighted by atomic mass is 35.5. The van der Waals surface area contributed by atoms with Gasteiger partial charge in [-0.25, -0.2) is 0 Å². The normalized spacial score (nSPS) is 10.9. The summed E-state index contributed by atoms with van der Waals surface area (Å²) in [6.45, 7) is 4.11. The maximum atomic E-state index is 12.2. The van der Waals surface area contributed by atoms with Crippen LogP contribution in [0.1, 0.15) is 50.4 Å². The number of nitrogens with zero attached hydrogens (tertiary/aromatic N) is 3. The van der Waals surface area contributed by atoms with Gasteiger partial charge in [-0.15, -0.1) is 10.2 Å². The lowest BCUT2D eigenvalue weighted by molar-refractivity contribution is -0.113. The van der Waals surface area contributed by atoms with Gasteiger partial charge in [-0.1, -0.05) is 62.0 Å². The Balaban J connectivity index is 1.82. The number of carbonyl (C=O) groups is 1. The summed E-state index contributed by atoms with van der Waals surface area (Å²) in [5.41, 5.74) is 1.62. The number of benzene rings is 1. The fourth-order valence-electron chi connectivity index (χ4n) is 2.63. The third-order valence-corrected chi connectivity index (χ3v) is 5.73. The second kappa shape index (κ2) is 10.6. The summed E-state index contributed by atoms with van der Waals surface area (Å²) in [7, 11) is 1.96. The van der Waals surface area contributed by atoms with E-state index in [0.717, 1.165) is 35.1 Å². The number of aromatic nitrogens is 3. The van der Waals surface area contributed by atoms with Crippen molar-refractivity contribution in [2.24, 2.45) is 7.05 Å². The van der Waals surface area contributed by atoms with Gasteiger partial charge in [0.15, 0.2) is 5.16 Å². The molecule has 142 valence electrons. The molecule has 1 amide bonds. The highest BCUT2D eigenvalue weighted by Crippen LogP contribution is 2.23. The van der Waals surface area contributed by atoms with E-state index in [1.807, 2.05) is 36.7 Å². The summed E-state index contributed by atoms with van der Waals surface area (Å²) in [5, 5.41) is 12.8. The number of carbonyl (C=O) groups excluding carboxylic acids is 1. The van der Waals surface area contributed by atoms with E-state index in [0.29, 0.717) is 5.02 Å². The fourth-order valence-corrected chi connectivity index (χ4v) is 3.54. The van der Waals surface area contributed by atoms with Crippen LogP contribution in [-0.4, -0.2) is 26.4 Å². The molecule has 0 unspecified atom stereocenters. The van der Waals surface area contributed by atoms with E-state index in [1.54, 1.807) is 0 Å². The molecule has 0 saturated heterocycles. The van der Waals surface area contributed by atoms with E-state index in [9.17, 15) is 4.79 Å². The minimum absolute atomic E-state index is 0.0792. The lowest BCUT2D eigenvalue weighted by Crippen LogP contribution is -2.15. The molecule has 0 spiro atoms. The molecule has 2 rings (SSSR count). The number of rotatable bonds is 10. The quantitative estimate of drug-likeness (QED) is 0.454. The van der Waals surface area contributed by atoms with Crippen LogP contribution < -0.4 is 5.32 Å². The highest BCUT2D eigenvalue weighted by molar-refractivity contribution is 7.99. The van der Waals surface area contributed by atoms with Crippen LogP contribution in [0, 0.1) is 6.92 Å². The van der Waals surface area contributed by atoms with Crippen LogP contribution in [0.2, 0.25) is 5.02 Å². The minimum Gasteiger partial charge on any atom is -0.325 e. The van der Waals surface area contributed by atoms with Crippen LogP contribution in [0.15, 0.2) is 23.4 Å². The SMILES string of the molecule is CCCCCCCc1nnc(SCC(=O)Nc2cccc(Cl)c2C)n1C. The number of nitrogens with one attached hydrogen (secondary N) is 1. The summed E-state index contributed by atoms with van der Waals surface area (Å²) < 4.78 is 1.99. The second-order valence-corrected chi connectivity index (χ2v) is 7.72. The standard InChI is InChI=1S/C19H27ClN4OS/c1-4-5-6-7-8-12-17-22-23-19(24(17)3)26-13-18(25)21-16-11-9-10-15(20)14(16)2/h9-11H,4-8,12-13H2,1-3H3,(H,21,25). The van der Waals surface area contributed by atoms with Crippen molar-refractivity contribution >= 4 is 35.0 Å². The molecule has 0 aliphatic rings. The van der Waals surface area contributed by atoms with E-state index in [-0.39, 0.29) is 11.7 Å². The van der Waals surface area contributed by atoms with Crippen molar-refractivity contribution in [3.8, 4) is 0 Å². The van der Waals surface area contributed by atoms with Gasteiger partial charge in [0.1, 0.15) is 5.82 Å².